The zero-order valence-electron chi connectivity index (χ0n) is 10.7. The lowest BCUT2D eigenvalue weighted by Crippen LogP contribution is -2.52. The molecule has 0 aromatic rings. The minimum Gasteiger partial charge on any atom is -0.396 e. The number of aliphatic hydroxyl groups is 1. The van der Waals surface area contributed by atoms with Gasteiger partial charge < -0.3 is 10.4 Å². The first kappa shape index (κ1) is 14.2. The van der Waals surface area contributed by atoms with Gasteiger partial charge in [0.2, 0.25) is 5.91 Å². The molecule has 1 rings (SSSR count). The van der Waals surface area contributed by atoms with Crippen LogP contribution in [-0.2, 0) is 4.79 Å². The van der Waals surface area contributed by atoms with Crippen LogP contribution in [-0.4, -0.2) is 47.7 Å². The summed E-state index contributed by atoms with van der Waals surface area (Å²) in [5, 5.41) is 11.7. The van der Waals surface area contributed by atoms with E-state index in [4.69, 9.17) is 5.11 Å². The summed E-state index contributed by atoms with van der Waals surface area (Å²) >= 11 is 0. The summed E-state index contributed by atoms with van der Waals surface area (Å²) in [6, 6.07) is 0.401. The number of carbonyl (C=O) groups is 1. The van der Waals surface area contributed by atoms with E-state index in [0.717, 1.165) is 13.0 Å². The molecular formula is C13H24N2O2. The Bertz CT molecular complexity index is 252. The number of nitrogens with zero attached hydrogens (tertiary/aromatic N) is 1. The van der Waals surface area contributed by atoms with Crippen molar-refractivity contribution in [2.45, 2.75) is 44.7 Å². The highest BCUT2D eigenvalue weighted by molar-refractivity contribution is 5.81. The monoisotopic (exact) mass is 240 g/mol. The maximum atomic E-state index is 11.9. The molecule has 0 aliphatic heterocycles. The molecule has 1 fully saturated rings. The van der Waals surface area contributed by atoms with Gasteiger partial charge in [0, 0.05) is 25.7 Å². The Kier molecular flexibility index (Phi) is 6.22. The predicted octanol–water partition coefficient (Wildman–Crippen LogP) is 0.914. The van der Waals surface area contributed by atoms with Crippen molar-refractivity contribution in [1.29, 1.82) is 0 Å². The van der Waals surface area contributed by atoms with Gasteiger partial charge in [-0.2, -0.15) is 0 Å². The normalized spacial score (nSPS) is 17.6. The SMILES string of the molecule is C=CCNC(=O)C(C)N(CCCO)C1CCC1. The molecule has 0 heterocycles. The van der Waals surface area contributed by atoms with Crippen LogP contribution in [0.25, 0.3) is 0 Å². The van der Waals surface area contributed by atoms with Crippen molar-refractivity contribution < 1.29 is 9.90 Å². The first-order valence-electron chi connectivity index (χ1n) is 6.46. The average molecular weight is 240 g/mol. The van der Waals surface area contributed by atoms with Gasteiger partial charge in [-0.1, -0.05) is 12.5 Å². The first-order chi connectivity index (χ1) is 8.20. The Morgan fingerprint density at radius 3 is 2.82 bits per heavy atom. The highest BCUT2D eigenvalue weighted by atomic mass is 16.3. The van der Waals surface area contributed by atoms with E-state index in [0.29, 0.717) is 12.6 Å². The smallest absolute Gasteiger partial charge is 0.237 e. The van der Waals surface area contributed by atoms with Crippen LogP contribution in [0.1, 0.15) is 32.6 Å². The van der Waals surface area contributed by atoms with Crippen LogP contribution in [0.2, 0.25) is 0 Å². The summed E-state index contributed by atoms with van der Waals surface area (Å²) in [5.41, 5.74) is 0. The fraction of sp³-hybridized carbons (Fsp3) is 0.769. The number of rotatable bonds is 8. The van der Waals surface area contributed by atoms with Crippen molar-refractivity contribution in [2.24, 2.45) is 0 Å². The van der Waals surface area contributed by atoms with Crippen molar-refractivity contribution in [3.8, 4) is 0 Å². The minimum atomic E-state index is -0.119. The molecule has 1 aliphatic carbocycles. The van der Waals surface area contributed by atoms with E-state index in [1.54, 1.807) is 6.08 Å². The van der Waals surface area contributed by atoms with Crippen LogP contribution in [0.3, 0.4) is 0 Å². The minimum absolute atomic E-state index is 0.0507. The second-order valence-electron chi connectivity index (χ2n) is 4.61. The zero-order valence-corrected chi connectivity index (χ0v) is 10.7. The van der Waals surface area contributed by atoms with Crippen LogP contribution in [0.15, 0.2) is 12.7 Å². The van der Waals surface area contributed by atoms with Crippen molar-refractivity contribution in [3.63, 3.8) is 0 Å². The van der Waals surface area contributed by atoms with Gasteiger partial charge in [0.1, 0.15) is 0 Å². The Morgan fingerprint density at radius 2 is 2.35 bits per heavy atom. The molecule has 1 amide bonds. The lowest BCUT2D eigenvalue weighted by molar-refractivity contribution is -0.127. The van der Waals surface area contributed by atoms with E-state index in [9.17, 15) is 4.79 Å². The summed E-state index contributed by atoms with van der Waals surface area (Å²) in [4.78, 5) is 14.1. The molecule has 0 saturated heterocycles. The third kappa shape index (κ3) is 4.13. The van der Waals surface area contributed by atoms with Crippen molar-refractivity contribution in [1.82, 2.24) is 10.2 Å². The summed E-state index contributed by atoms with van der Waals surface area (Å²) in [6.45, 7) is 7.02. The van der Waals surface area contributed by atoms with E-state index < -0.39 is 0 Å². The van der Waals surface area contributed by atoms with Gasteiger partial charge in [0.05, 0.1) is 6.04 Å². The summed E-state index contributed by atoms with van der Waals surface area (Å²) in [6.07, 6.45) is 6.01. The molecule has 0 radical (unpaired) electrons. The fourth-order valence-corrected chi connectivity index (χ4v) is 2.14. The van der Waals surface area contributed by atoms with E-state index in [1.165, 1.54) is 19.3 Å². The second-order valence-corrected chi connectivity index (χ2v) is 4.61. The van der Waals surface area contributed by atoms with Crippen LogP contribution in [0.4, 0.5) is 0 Å². The second kappa shape index (κ2) is 7.45. The summed E-state index contributed by atoms with van der Waals surface area (Å²) < 4.78 is 0. The Morgan fingerprint density at radius 1 is 1.65 bits per heavy atom. The molecule has 1 saturated carbocycles. The van der Waals surface area contributed by atoms with Gasteiger partial charge in [0.15, 0.2) is 0 Å². The third-order valence-corrected chi connectivity index (χ3v) is 3.42. The van der Waals surface area contributed by atoms with E-state index in [-0.39, 0.29) is 18.6 Å². The van der Waals surface area contributed by atoms with Crippen LogP contribution < -0.4 is 5.32 Å². The molecule has 0 bridgehead atoms. The molecular weight excluding hydrogens is 216 g/mol. The molecule has 17 heavy (non-hydrogen) atoms. The predicted molar refractivity (Wildman–Crippen MR) is 68.7 cm³/mol. The summed E-state index contributed by atoms with van der Waals surface area (Å²) in [7, 11) is 0. The summed E-state index contributed by atoms with van der Waals surface area (Å²) in [5.74, 6) is 0.0507. The van der Waals surface area contributed by atoms with Crippen molar-refractivity contribution >= 4 is 5.91 Å². The first-order valence-corrected chi connectivity index (χ1v) is 6.46. The van der Waals surface area contributed by atoms with Gasteiger partial charge in [0.25, 0.3) is 0 Å². The Labute approximate surface area is 104 Å². The quantitative estimate of drug-likeness (QED) is 0.620. The number of hydrogen-bond acceptors (Lipinski definition) is 3. The molecule has 1 atom stereocenters. The molecule has 0 aromatic heterocycles. The van der Waals surface area contributed by atoms with Gasteiger partial charge in [-0.15, -0.1) is 6.58 Å². The maximum absolute atomic E-state index is 11.9. The topological polar surface area (TPSA) is 52.6 Å². The number of amides is 1. The fourth-order valence-electron chi connectivity index (χ4n) is 2.14. The van der Waals surface area contributed by atoms with E-state index >= 15 is 0 Å². The largest absolute Gasteiger partial charge is 0.396 e. The molecule has 98 valence electrons. The van der Waals surface area contributed by atoms with Gasteiger partial charge in [-0.05, 0) is 26.2 Å². The highest BCUT2D eigenvalue weighted by Crippen LogP contribution is 2.26. The van der Waals surface area contributed by atoms with Crippen molar-refractivity contribution in [2.75, 3.05) is 19.7 Å². The van der Waals surface area contributed by atoms with Crippen molar-refractivity contribution in [3.05, 3.63) is 12.7 Å². The van der Waals surface area contributed by atoms with Gasteiger partial charge >= 0.3 is 0 Å². The molecule has 2 N–H and O–H groups in total. The molecule has 4 nitrogen and oxygen atoms in total. The maximum Gasteiger partial charge on any atom is 0.237 e. The number of hydrogen-bond donors (Lipinski definition) is 2. The lowest BCUT2D eigenvalue weighted by atomic mass is 9.90. The number of aliphatic hydroxyl groups excluding tert-OH is 1. The van der Waals surface area contributed by atoms with E-state index in [1.807, 2.05) is 6.92 Å². The Balaban J connectivity index is 2.48. The standard InChI is InChI=1S/C13H24N2O2/c1-3-8-14-13(17)11(2)15(9-5-10-16)12-6-4-7-12/h3,11-12,16H,1,4-10H2,2H3,(H,14,17). The van der Waals surface area contributed by atoms with Crippen LogP contribution in [0, 0.1) is 0 Å². The van der Waals surface area contributed by atoms with Gasteiger partial charge in [-0.25, -0.2) is 0 Å². The molecule has 0 spiro atoms. The third-order valence-electron chi connectivity index (χ3n) is 3.42. The van der Waals surface area contributed by atoms with Crippen LogP contribution in [0.5, 0.6) is 0 Å². The lowest BCUT2D eigenvalue weighted by Gasteiger charge is -2.40. The van der Waals surface area contributed by atoms with Gasteiger partial charge in [-0.3, -0.25) is 9.69 Å². The molecule has 0 aromatic carbocycles. The number of nitrogens with one attached hydrogen (secondary N) is 1. The number of carbonyl (C=O) groups excluding carboxylic acids is 1. The average Bonchev–Trinajstić information content (AvgIpc) is 2.27. The molecule has 4 heteroatoms. The highest BCUT2D eigenvalue weighted by Gasteiger charge is 2.30. The van der Waals surface area contributed by atoms with Crippen LogP contribution >= 0.6 is 0 Å². The Hall–Kier alpha value is -0.870. The molecule has 1 aliphatic rings. The molecule has 1 unspecified atom stereocenters. The zero-order chi connectivity index (χ0) is 12.7. The van der Waals surface area contributed by atoms with E-state index in [2.05, 4.69) is 16.8 Å².